The van der Waals surface area contributed by atoms with Crippen molar-refractivity contribution >= 4 is 34.0 Å². The molecular weight excluding hydrogens is 887 g/mol. The third-order valence-corrected chi connectivity index (χ3v) is 9.06. The Balaban J connectivity index is 0.000000525. The van der Waals surface area contributed by atoms with E-state index in [-0.39, 0.29) is 5.41 Å². The SMILES string of the molecule is COC(=[O+]C)C(C)(C)CC(C)=C(OC)OC.Fc1c(F)c(F)c([B-](c2c(F)c(F)c(F)c(F)c2F)(c2c(F)c(F)c(F)c(F)c2F)c2c(F)c(F)c(F)c(F)c2F)c(F)c1F. The van der Waals surface area contributed by atoms with E-state index in [4.69, 9.17) is 18.6 Å². The minimum atomic E-state index is -7.22. The van der Waals surface area contributed by atoms with Crippen LogP contribution < -0.4 is 21.9 Å². The van der Waals surface area contributed by atoms with Crippen molar-refractivity contribution in [2.45, 2.75) is 27.2 Å². The first-order chi connectivity index (χ1) is 28.1. The molecule has 0 radical (unpaired) electrons. The van der Waals surface area contributed by atoms with Gasteiger partial charge in [0.25, 0.3) is 5.95 Å². The molecule has 0 aromatic heterocycles. The number of allylic oxidation sites excluding steroid dienone is 1. The van der Waals surface area contributed by atoms with E-state index in [9.17, 15) is 52.7 Å². The fourth-order valence-electron chi connectivity index (χ4n) is 6.75. The molecule has 0 aliphatic rings. The van der Waals surface area contributed by atoms with Crippen molar-refractivity contribution in [2.75, 3.05) is 28.4 Å². The van der Waals surface area contributed by atoms with E-state index >= 15 is 35.1 Å². The highest BCUT2D eigenvalue weighted by Crippen LogP contribution is 2.32. The van der Waals surface area contributed by atoms with Gasteiger partial charge in [0, 0.05) is 5.57 Å². The van der Waals surface area contributed by atoms with Crippen LogP contribution in [-0.2, 0) is 18.6 Å². The molecule has 0 saturated carbocycles. The van der Waals surface area contributed by atoms with E-state index in [0.29, 0.717) is 11.9 Å². The zero-order valence-corrected chi connectivity index (χ0v) is 31.5. The van der Waals surface area contributed by atoms with Gasteiger partial charge in [0.2, 0.25) is 0 Å². The predicted molar refractivity (Wildman–Crippen MR) is 172 cm³/mol. The third-order valence-electron chi connectivity index (χ3n) is 9.06. The molecular formula is C36H23BF20O4. The van der Waals surface area contributed by atoms with Gasteiger partial charge in [0.1, 0.15) is 58.1 Å². The molecule has 0 unspecified atom stereocenters. The van der Waals surface area contributed by atoms with Crippen LogP contribution in [0.25, 0.3) is 0 Å². The van der Waals surface area contributed by atoms with Crippen LogP contribution in [-0.4, -0.2) is 40.6 Å². The number of halogens is 20. The fourth-order valence-corrected chi connectivity index (χ4v) is 6.75. The van der Waals surface area contributed by atoms with Crippen LogP contribution >= 0.6 is 0 Å². The number of hydrogen-bond acceptors (Lipinski definition) is 3. The smallest absolute Gasteiger partial charge is 0.469 e. The summed E-state index contributed by atoms with van der Waals surface area (Å²) >= 11 is 0. The molecule has 0 atom stereocenters. The first-order valence-corrected chi connectivity index (χ1v) is 16.1. The summed E-state index contributed by atoms with van der Waals surface area (Å²) in [4.78, 5) is 0. The maximum atomic E-state index is 15.4. The number of ether oxygens (including phenoxy) is 3. The standard InChI is InChI=1S/C24BF20.C12H23O4/c26-5-1(6(27)14(35)21(42)13(5)34)25(2-7(28)15(36)22(43)16(37)8(2)29,3-9(30)17(38)23(44)18(39)10(3)31)4-11(32)19(40)24(45)20(41)12(4)33;1-9(10(13-4)14-5)8-12(2,3)11(15-6)16-7/h;8H2,1-7H3/q-1;+1. The topological polar surface area (TPSA) is 39.0 Å². The lowest BCUT2D eigenvalue weighted by molar-refractivity contribution is -0.436. The predicted octanol–water partition coefficient (Wildman–Crippen LogP) is 8.11. The lowest BCUT2D eigenvalue weighted by Crippen LogP contribution is -2.81. The summed E-state index contributed by atoms with van der Waals surface area (Å²) in [5.41, 5.74) is -13.5. The minimum Gasteiger partial charge on any atom is -0.469 e. The molecule has 0 bridgehead atoms. The lowest BCUT2D eigenvalue weighted by atomic mass is 9.12. The van der Waals surface area contributed by atoms with Crippen LogP contribution in [0.4, 0.5) is 87.8 Å². The van der Waals surface area contributed by atoms with Crippen molar-refractivity contribution in [3.63, 3.8) is 0 Å². The molecule has 0 aliphatic heterocycles. The number of methoxy groups -OCH3 is 3. The van der Waals surface area contributed by atoms with Crippen LogP contribution in [0, 0.1) is 122 Å². The van der Waals surface area contributed by atoms with E-state index in [1.807, 2.05) is 20.8 Å². The minimum absolute atomic E-state index is 0.226. The fraction of sp³-hybridized carbons (Fsp3) is 0.250. The zero-order valence-electron chi connectivity index (χ0n) is 31.5. The largest absolute Gasteiger partial charge is 0.490 e. The summed E-state index contributed by atoms with van der Waals surface area (Å²) in [7, 11) is 6.39. The molecule has 0 aliphatic carbocycles. The molecule has 25 heteroatoms. The highest BCUT2D eigenvalue weighted by molar-refractivity contribution is 7.20. The lowest BCUT2D eigenvalue weighted by Gasteiger charge is -2.44. The molecule has 0 saturated heterocycles. The van der Waals surface area contributed by atoms with E-state index < -0.39 is 144 Å². The summed E-state index contributed by atoms with van der Waals surface area (Å²) in [6, 6.07) is 0. The number of benzene rings is 4. The van der Waals surface area contributed by atoms with E-state index in [0.717, 1.165) is 12.0 Å². The van der Waals surface area contributed by atoms with E-state index in [1.165, 1.54) is 0 Å². The van der Waals surface area contributed by atoms with Crippen molar-refractivity contribution in [2.24, 2.45) is 5.41 Å². The average Bonchev–Trinajstić information content (AvgIpc) is 3.21. The van der Waals surface area contributed by atoms with Gasteiger partial charge in [-0.25, -0.2) is 87.8 Å². The van der Waals surface area contributed by atoms with E-state index in [2.05, 4.69) is 0 Å². The van der Waals surface area contributed by atoms with Crippen molar-refractivity contribution in [1.82, 2.24) is 0 Å². The summed E-state index contributed by atoms with van der Waals surface area (Å²) in [5.74, 6) is -70.3. The summed E-state index contributed by atoms with van der Waals surface area (Å²) in [6.07, 6.45) is -6.48. The zero-order chi connectivity index (χ0) is 47.1. The Morgan fingerprint density at radius 2 is 0.590 bits per heavy atom. The Kier molecular flexibility index (Phi) is 14.8. The molecule has 0 spiro atoms. The first kappa shape index (κ1) is 49.7. The number of carbonyl (C=O) groups excluding carboxylic acids is 1. The van der Waals surface area contributed by atoms with Crippen molar-refractivity contribution in [3.05, 3.63) is 128 Å². The van der Waals surface area contributed by atoms with Gasteiger partial charge in [-0.15, -0.1) is 21.9 Å². The Hall–Kier alpha value is -5.65. The van der Waals surface area contributed by atoms with Crippen molar-refractivity contribution < 1.29 is 106 Å². The Bertz CT molecular complexity index is 2080. The number of esters is 1. The van der Waals surface area contributed by atoms with Crippen molar-refractivity contribution in [1.29, 1.82) is 0 Å². The average molecular weight is 910 g/mol. The van der Waals surface area contributed by atoms with Gasteiger partial charge in [0.05, 0.1) is 14.2 Å². The van der Waals surface area contributed by atoms with Gasteiger partial charge in [-0.3, -0.25) is 0 Å². The second kappa shape index (κ2) is 18.1. The Morgan fingerprint density at radius 1 is 0.393 bits per heavy atom. The first-order valence-electron chi connectivity index (χ1n) is 16.1. The van der Waals surface area contributed by atoms with Gasteiger partial charge < -0.3 is 18.6 Å². The second-order valence-electron chi connectivity index (χ2n) is 13.0. The summed E-state index contributed by atoms with van der Waals surface area (Å²) in [6.45, 7) is 6.05. The van der Waals surface area contributed by atoms with Crippen LogP contribution in [0.2, 0.25) is 0 Å². The van der Waals surface area contributed by atoms with Crippen LogP contribution in [0.15, 0.2) is 11.5 Å². The van der Waals surface area contributed by atoms with Crippen molar-refractivity contribution in [3.8, 4) is 0 Å². The molecule has 4 aromatic carbocycles. The van der Waals surface area contributed by atoms with Gasteiger partial charge in [0.15, 0.2) is 84.0 Å². The Morgan fingerprint density at radius 3 is 0.754 bits per heavy atom. The molecule has 334 valence electrons. The van der Waals surface area contributed by atoms with Crippen LogP contribution in [0.5, 0.6) is 0 Å². The molecule has 0 fully saturated rings. The number of hydrogen-bond donors (Lipinski definition) is 0. The van der Waals surface area contributed by atoms with Gasteiger partial charge >= 0.3 is 5.97 Å². The highest BCUT2D eigenvalue weighted by atomic mass is 19.2. The number of rotatable bonds is 9. The van der Waals surface area contributed by atoms with E-state index in [1.54, 1.807) is 28.4 Å². The third kappa shape index (κ3) is 7.90. The molecule has 0 amide bonds. The summed E-state index contributed by atoms with van der Waals surface area (Å²) < 4.78 is 315. The van der Waals surface area contributed by atoms with Gasteiger partial charge in [-0.05, 0) is 27.2 Å². The maximum Gasteiger partial charge on any atom is 0.490 e. The highest BCUT2D eigenvalue weighted by Gasteiger charge is 2.52. The van der Waals surface area contributed by atoms with Crippen LogP contribution in [0.1, 0.15) is 27.2 Å². The van der Waals surface area contributed by atoms with Crippen LogP contribution in [0.3, 0.4) is 0 Å². The maximum absolute atomic E-state index is 15.4. The molecule has 4 aromatic rings. The monoisotopic (exact) mass is 910 g/mol. The molecule has 4 nitrogen and oxygen atoms in total. The normalized spacial score (nSPS) is 12.0. The van der Waals surface area contributed by atoms with Gasteiger partial charge in [-0.1, -0.05) is 0 Å². The Labute approximate surface area is 329 Å². The molecule has 0 heterocycles. The molecule has 0 N–H and O–H groups in total. The molecule has 61 heavy (non-hydrogen) atoms. The quantitative estimate of drug-likeness (QED) is 0.0325. The molecule has 4 rings (SSSR count). The second-order valence-corrected chi connectivity index (χ2v) is 13.0. The summed E-state index contributed by atoms with van der Waals surface area (Å²) in [5, 5.41) is 0. The van der Waals surface area contributed by atoms with Gasteiger partial charge in [-0.2, -0.15) is 0 Å².